The fourth-order valence-electron chi connectivity index (χ4n) is 1.94. The van der Waals surface area contributed by atoms with Crippen molar-refractivity contribution in [3.8, 4) is 5.75 Å². The first-order valence-corrected chi connectivity index (χ1v) is 7.82. The van der Waals surface area contributed by atoms with Crippen LogP contribution in [-0.2, 0) is 5.75 Å². The maximum Gasteiger partial charge on any atom is 0.118 e. The Morgan fingerprint density at radius 2 is 1.70 bits per heavy atom. The molecular formula is C17H21NOS. The van der Waals surface area contributed by atoms with Gasteiger partial charge in [0, 0.05) is 16.7 Å². The summed E-state index contributed by atoms with van der Waals surface area (Å²) in [6, 6.07) is 16.9. The van der Waals surface area contributed by atoms with Gasteiger partial charge in [0.25, 0.3) is 0 Å². The van der Waals surface area contributed by atoms with Crippen LogP contribution in [0.15, 0.2) is 53.4 Å². The summed E-state index contributed by atoms with van der Waals surface area (Å²) < 4.78 is 5.16. The molecule has 0 saturated carbocycles. The van der Waals surface area contributed by atoms with Crippen LogP contribution in [0, 0.1) is 0 Å². The van der Waals surface area contributed by atoms with Crippen molar-refractivity contribution in [2.24, 2.45) is 5.73 Å². The van der Waals surface area contributed by atoms with Crippen LogP contribution >= 0.6 is 11.8 Å². The van der Waals surface area contributed by atoms with Crippen molar-refractivity contribution >= 4 is 11.8 Å². The lowest BCUT2D eigenvalue weighted by atomic mass is 10.1. The summed E-state index contributed by atoms with van der Waals surface area (Å²) in [7, 11) is 1.69. The average Bonchev–Trinajstić information content (AvgIpc) is 2.53. The molecular weight excluding hydrogens is 266 g/mol. The van der Waals surface area contributed by atoms with E-state index in [4.69, 9.17) is 10.5 Å². The molecule has 2 aromatic rings. The second-order valence-corrected chi connectivity index (χ2v) is 5.77. The molecule has 0 spiro atoms. The van der Waals surface area contributed by atoms with E-state index in [-0.39, 0.29) is 6.04 Å². The van der Waals surface area contributed by atoms with Crippen molar-refractivity contribution in [1.82, 2.24) is 0 Å². The first kappa shape index (κ1) is 14.9. The van der Waals surface area contributed by atoms with Crippen molar-refractivity contribution in [3.05, 3.63) is 59.7 Å². The Morgan fingerprint density at radius 3 is 2.25 bits per heavy atom. The van der Waals surface area contributed by atoms with Gasteiger partial charge in [-0.2, -0.15) is 0 Å². The molecule has 2 aromatic carbocycles. The van der Waals surface area contributed by atoms with Crippen LogP contribution in [0.5, 0.6) is 5.75 Å². The molecule has 106 valence electrons. The van der Waals surface area contributed by atoms with Crippen LogP contribution in [0.1, 0.15) is 30.5 Å². The quantitative estimate of drug-likeness (QED) is 0.800. The van der Waals surface area contributed by atoms with E-state index in [0.717, 1.165) is 17.9 Å². The predicted molar refractivity (Wildman–Crippen MR) is 86.2 cm³/mol. The minimum Gasteiger partial charge on any atom is -0.497 e. The zero-order valence-corrected chi connectivity index (χ0v) is 12.8. The van der Waals surface area contributed by atoms with Crippen molar-refractivity contribution in [2.75, 3.05) is 7.11 Å². The Labute approximate surface area is 125 Å². The first-order chi connectivity index (χ1) is 9.72. The SMILES string of the molecule is CCC(N)c1ccc(SCc2ccc(OC)cc2)cc1. The van der Waals surface area contributed by atoms with Gasteiger partial charge in [-0.25, -0.2) is 0 Å². The second-order valence-electron chi connectivity index (χ2n) is 4.72. The molecule has 0 aliphatic heterocycles. The van der Waals surface area contributed by atoms with Crippen LogP contribution in [0.25, 0.3) is 0 Å². The number of nitrogens with two attached hydrogens (primary N) is 1. The van der Waals surface area contributed by atoms with Gasteiger partial charge in [-0.3, -0.25) is 0 Å². The number of rotatable bonds is 6. The Balaban J connectivity index is 1.93. The standard InChI is InChI=1S/C17H21NOS/c1-3-17(18)14-6-10-16(11-7-14)20-12-13-4-8-15(19-2)9-5-13/h4-11,17H,3,12,18H2,1-2H3. The first-order valence-electron chi connectivity index (χ1n) is 6.84. The number of methoxy groups -OCH3 is 1. The molecule has 0 fully saturated rings. The molecule has 1 atom stereocenters. The highest BCUT2D eigenvalue weighted by Gasteiger charge is 2.03. The Morgan fingerprint density at radius 1 is 1.05 bits per heavy atom. The van der Waals surface area contributed by atoms with E-state index in [0.29, 0.717) is 0 Å². The maximum atomic E-state index is 6.02. The molecule has 0 aromatic heterocycles. The molecule has 0 saturated heterocycles. The Bertz CT molecular complexity index is 522. The summed E-state index contributed by atoms with van der Waals surface area (Å²) in [5, 5.41) is 0. The van der Waals surface area contributed by atoms with Crippen molar-refractivity contribution in [2.45, 2.75) is 30.0 Å². The fraction of sp³-hybridized carbons (Fsp3) is 0.294. The smallest absolute Gasteiger partial charge is 0.118 e. The molecule has 2 rings (SSSR count). The summed E-state index contributed by atoms with van der Waals surface area (Å²) in [4.78, 5) is 1.27. The summed E-state index contributed by atoms with van der Waals surface area (Å²) >= 11 is 1.83. The Kier molecular flexibility index (Phi) is 5.50. The highest BCUT2D eigenvalue weighted by Crippen LogP contribution is 2.25. The third-order valence-electron chi connectivity index (χ3n) is 3.31. The topological polar surface area (TPSA) is 35.2 Å². The van der Waals surface area contributed by atoms with Crippen LogP contribution < -0.4 is 10.5 Å². The van der Waals surface area contributed by atoms with Gasteiger partial charge in [-0.05, 0) is 41.8 Å². The molecule has 0 aliphatic rings. The van der Waals surface area contributed by atoms with Crippen molar-refractivity contribution in [1.29, 1.82) is 0 Å². The van der Waals surface area contributed by atoms with Gasteiger partial charge in [0.1, 0.15) is 5.75 Å². The van der Waals surface area contributed by atoms with Gasteiger partial charge < -0.3 is 10.5 Å². The molecule has 0 radical (unpaired) electrons. The van der Waals surface area contributed by atoms with Gasteiger partial charge in [-0.15, -0.1) is 11.8 Å². The van der Waals surface area contributed by atoms with Gasteiger partial charge >= 0.3 is 0 Å². The molecule has 0 amide bonds. The fourth-order valence-corrected chi connectivity index (χ4v) is 2.79. The lowest BCUT2D eigenvalue weighted by molar-refractivity contribution is 0.414. The minimum atomic E-state index is 0.149. The second kappa shape index (κ2) is 7.36. The minimum absolute atomic E-state index is 0.149. The predicted octanol–water partition coefficient (Wildman–Crippen LogP) is 4.40. The van der Waals surface area contributed by atoms with Crippen LogP contribution in [-0.4, -0.2) is 7.11 Å². The van der Waals surface area contributed by atoms with Gasteiger partial charge in [-0.1, -0.05) is 31.2 Å². The number of ether oxygens (including phenoxy) is 1. The molecule has 20 heavy (non-hydrogen) atoms. The highest BCUT2D eigenvalue weighted by molar-refractivity contribution is 7.98. The van der Waals surface area contributed by atoms with E-state index in [9.17, 15) is 0 Å². The third kappa shape index (κ3) is 4.02. The van der Waals surface area contributed by atoms with E-state index < -0.39 is 0 Å². The summed E-state index contributed by atoms with van der Waals surface area (Å²) in [6.45, 7) is 2.11. The summed E-state index contributed by atoms with van der Waals surface area (Å²) in [5.41, 5.74) is 8.52. The molecule has 0 aliphatic carbocycles. The van der Waals surface area contributed by atoms with Crippen LogP contribution in [0.3, 0.4) is 0 Å². The summed E-state index contributed by atoms with van der Waals surface area (Å²) in [5.74, 6) is 1.86. The molecule has 0 bridgehead atoms. The maximum absolute atomic E-state index is 6.02. The molecule has 0 heterocycles. The highest BCUT2D eigenvalue weighted by atomic mass is 32.2. The number of benzene rings is 2. The molecule has 3 heteroatoms. The normalized spacial score (nSPS) is 12.2. The molecule has 2 N–H and O–H groups in total. The zero-order valence-electron chi connectivity index (χ0n) is 12.0. The van der Waals surface area contributed by atoms with E-state index in [2.05, 4.69) is 43.3 Å². The van der Waals surface area contributed by atoms with Gasteiger partial charge in [0.05, 0.1) is 7.11 Å². The van der Waals surface area contributed by atoms with Gasteiger partial charge in [0.15, 0.2) is 0 Å². The third-order valence-corrected chi connectivity index (χ3v) is 4.40. The number of thioether (sulfide) groups is 1. The molecule has 1 unspecified atom stereocenters. The number of hydrogen-bond donors (Lipinski definition) is 1. The number of hydrogen-bond acceptors (Lipinski definition) is 3. The van der Waals surface area contributed by atoms with Crippen LogP contribution in [0.4, 0.5) is 0 Å². The summed E-state index contributed by atoms with van der Waals surface area (Å²) in [6.07, 6.45) is 0.971. The lowest BCUT2D eigenvalue weighted by Crippen LogP contribution is -2.07. The van der Waals surface area contributed by atoms with E-state index in [1.807, 2.05) is 23.9 Å². The molecule has 2 nitrogen and oxygen atoms in total. The lowest BCUT2D eigenvalue weighted by Gasteiger charge is -2.10. The van der Waals surface area contributed by atoms with E-state index in [1.165, 1.54) is 16.0 Å². The van der Waals surface area contributed by atoms with Gasteiger partial charge in [0.2, 0.25) is 0 Å². The zero-order chi connectivity index (χ0) is 14.4. The Hall–Kier alpha value is -1.45. The largest absolute Gasteiger partial charge is 0.497 e. The van der Waals surface area contributed by atoms with E-state index >= 15 is 0 Å². The monoisotopic (exact) mass is 287 g/mol. The van der Waals surface area contributed by atoms with Crippen molar-refractivity contribution < 1.29 is 4.74 Å². The van der Waals surface area contributed by atoms with Crippen molar-refractivity contribution in [3.63, 3.8) is 0 Å². The van der Waals surface area contributed by atoms with E-state index in [1.54, 1.807) is 7.11 Å². The van der Waals surface area contributed by atoms with Crippen LogP contribution in [0.2, 0.25) is 0 Å². The average molecular weight is 287 g/mol.